The van der Waals surface area contributed by atoms with E-state index in [1.54, 1.807) is 0 Å². The molecule has 140 valence electrons. The molecule has 5 heteroatoms. The molecule has 1 N–H and O–H groups in total. The van der Waals surface area contributed by atoms with E-state index in [1.165, 1.54) is 29.5 Å². The predicted octanol–water partition coefficient (Wildman–Crippen LogP) is 3.32. The van der Waals surface area contributed by atoms with E-state index in [1.807, 2.05) is 11.9 Å². The number of carbonyl (C=O) groups excluding carboxylic acids is 2. The van der Waals surface area contributed by atoms with Gasteiger partial charge < -0.3 is 15.0 Å². The molecule has 1 atom stereocenters. The molecule has 26 heavy (non-hydrogen) atoms. The number of cyclic esters (lactones) is 1. The zero-order chi connectivity index (χ0) is 18.3. The minimum absolute atomic E-state index is 0.127. The monoisotopic (exact) mass is 356 g/mol. The number of carbonyl (C=O) groups is 2. The van der Waals surface area contributed by atoms with Crippen molar-refractivity contribution in [3.63, 3.8) is 0 Å². The van der Waals surface area contributed by atoms with Gasteiger partial charge in [-0.05, 0) is 67.6 Å². The Morgan fingerprint density at radius 2 is 1.96 bits per heavy atom. The van der Waals surface area contributed by atoms with Gasteiger partial charge in [-0.2, -0.15) is 0 Å². The number of hydrogen-bond acceptors (Lipinski definition) is 3. The molecule has 0 bridgehead atoms. The van der Waals surface area contributed by atoms with Gasteiger partial charge in [-0.15, -0.1) is 0 Å². The van der Waals surface area contributed by atoms with Gasteiger partial charge in [0.15, 0.2) is 0 Å². The molecule has 1 heterocycles. The summed E-state index contributed by atoms with van der Waals surface area (Å²) < 4.78 is 4.96. The Labute approximate surface area is 155 Å². The molecular formula is C21H28N2O3. The highest BCUT2D eigenvalue weighted by Crippen LogP contribution is 2.45. The Bertz CT molecular complexity index is 707. The third kappa shape index (κ3) is 3.44. The van der Waals surface area contributed by atoms with Crippen LogP contribution in [-0.2, 0) is 9.53 Å². The number of alkyl carbamates (subject to hydrolysis) is 1. The largest absolute Gasteiger partial charge is 0.450 e. The Morgan fingerprint density at radius 1 is 1.19 bits per heavy atom. The van der Waals surface area contributed by atoms with Crippen molar-refractivity contribution in [3.8, 4) is 0 Å². The van der Waals surface area contributed by atoms with Crippen LogP contribution in [0.25, 0.3) is 0 Å². The highest BCUT2D eigenvalue weighted by atomic mass is 16.5. The molecule has 2 aliphatic carbocycles. The topological polar surface area (TPSA) is 58.6 Å². The Kier molecular flexibility index (Phi) is 4.63. The Balaban J connectivity index is 1.34. The molecule has 4 rings (SSSR count). The van der Waals surface area contributed by atoms with Gasteiger partial charge in [0, 0.05) is 19.6 Å². The third-order valence-corrected chi connectivity index (χ3v) is 6.34. The van der Waals surface area contributed by atoms with Crippen molar-refractivity contribution in [1.29, 1.82) is 0 Å². The van der Waals surface area contributed by atoms with E-state index in [0.29, 0.717) is 31.5 Å². The molecule has 1 aromatic carbocycles. The van der Waals surface area contributed by atoms with Crippen molar-refractivity contribution in [2.75, 3.05) is 20.2 Å². The maximum Gasteiger partial charge on any atom is 0.407 e. The lowest BCUT2D eigenvalue weighted by Crippen LogP contribution is -2.48. The second kappa shape index (κ2) is 6.93. The fourth-order valence-electron chi connectivity index (χ4n) is 4.26. The average molecular weight is 356 g/mol. The van der Waals surface area contributed by atoms with Gasteiger partial charge in [-0.25, -0.2) is 4.79 Å². The molecule has 1 aromatic rings. The summed E-state index contributed by atoms with van der Waals surface area (Å²) in [4.78, 5) is 25.9. The van der Waals surface area contributed by atoms with E-state index in [0.717, 1.165) is 18.8 Å². The zero-order valence-electron chi connectivity index (χ0n) is 15.7. The normalized spacial score (nSPS) is 28.4. The summed E-state index contributed by atoms with van der Waals surface area (Å²) in [5, 5.41) is 2.66. The van der Waals surface area contributed by atoms with Crippen LogP contribution in [0.1, 0.15) is 60.6 Å². The summed E-state index contributed by atoms with van der Waals surface area (Å²) in [5.41, 5.74) is 4.38. The molecule has 0 radical (unpaired) electrons. The van der Waals surface area contributed by atoms with Crippen molar-refractivity contribution in [2.24, 2.45) is 5.92 Å². The van der Waals surface area contributed by atoms with E-state index >= 15 is 0 Å². The van der Waals surface area contributed by atoms with Gasteiger partial charge in [0.25, 0.3) is 0 Å². The van der Waals surface area contributed by atoms with Crippen LogP contribution in [0.5, 0.6) is 0 Å². The highest BCUT2D eigenvalue weighted by Gasteiger charge is 2.38. The molecule has 5 nitrogen and oxygen atoms in total. The summed E-state index contributed by atoms with van der Waals surface area (Å²) in [6.07, 6.45) is 4.90. The molecular weight excluding hydrogens is 328 g/mol. The zero-order valence-corrected chi connectivity index (χ0v) is 15.7. The third-order valence-electron chi connectivity index (χ3n) is 6.34. The first kappa shape index (κ1) is 17.4. The maximum atomic E-state index is 12.8. The lowest BCUT2D eigenvalue weighted by molar-refractivity contribution is -0.138. The van der Waals surface area contributed by atoms with Crippen LogP contribution >= 0.6 is 0 Å². The number of hydrogen-bond donors (Lipinski definition) is 1. The fourth-order valence-corrected chi connectivity index (χ4v) is 4.26. The molecule has 2 saturated carbocycles. The standard InChI is InChI=1S/C21H28N2O3/c1-13-3-4-15(11-19(13)14-5-6-14)17-9-18(10-17)23(2)20(24)16-7-8-26-21(25)22-12-16/h3-4,11,14,16-18H,5-10,12H2,1-2H3,(H,22,25)/t16-,17?,18?/m1/s1. The molecule has 0 spiro atoms. The molecule has 3 aliphatic rings. The van der Waals surface area contributed by atoms with Gasteiger partial charge in [0.1, 0.15) is 0 Å². The minimum Gasteiger partial charge on any atom is -0.450 e. The maximum absolute atomic E-state index is 12.8. The summed E-state index contributed by atoms with van der Waals surface area (Å²) in [7, 11) is 1.90. The lowest BCUT2D eigenvalue weighted by atomic mass is 9.74. The van der Waals surface area contributed by atoms with Gasteiger partial charge in [-0.3, -0.25) is 4.79 Å². The first-order chi connectivity index (χ1) is 12.5. The number of amides is 2. The fraction of sp³-hybridized carbons (Fsp3) is 0.619. The molecule has 0 unspecified atom stereocenters. The number of nitrogens with one attached hydrogen (secondary N) is 1. The van der Waals surface area contributed by atoms with E-state index in [-0.39, 0.29) is 11.8 Å². The van der Waals surface area contributed by atoms with Crippen LogP contribution in [-0.4, -0.2) is 43.1 Å². The number of aryl methyl sites for hydroxylation is 1. The minimum atomic E-state index is -0.419. The van der Waals surface area contributed by atoms with E-state index < -0.39 is 6.09 Å². The van der Waals surface area contributed by atoms with Crippen LogP contribution in [0.3, 0.4) is 0 Å². The molecule has 2 amide bonds. The summed E-state index contributed by atoms with van der Waals surface area (Å²) in [6.45, 7) is 2.90. The lowest BCUT2D eigenvalue weighted by Gasteiger charge is -2.42. The quantitative estimate of drug-likeness (QED) is 0.900. The molecule has 1 saturated heterocycles. The summed E-state index contributed by atoms with van der Waals surface area (Å²) in [5.74, 6) is 1.29. The van der Waals surface area contributed by atoms with Gasteiger partial charge in [0.2, 0.25) is 5.91 Å². The second-order valence-electron chi connectivity index (χ2n) is 8.16. The Morgan fingerprint density at radius 3 is 2.69 bits per heavy atom. The summed E-state index contributed by atoms with van der Waals surface area (Å²) >= 11 is 0. The summed E-state index contributed by atoms with van der Waals surface area (Å²) in [6, 6.07) is 7.24. The van der Waals surface area contributed by atoms with Gasteiger partial charge >= 0.3 is 6.09 Å². The van der Waals surface area contributed by atoms with Gasteiger partial charge in [-0.1, -0.05) is 18.2 Å². The van der Waals surface area contributed by atoms with Crippen LogP contribution in [0.15, 0.2) is 18.2 Å². The number of rotatable bonds is 4. The average Bonchev–Trinajstić information content (AvgIpc) is 3.42. The number of ether oxygens (including phenoxy) is 1. The SMILES string of the molecule is Cc1ccc(C2CC(N(C)C(=O)[C@@H]3CCOC(=O)NC3)C2)cc1C1CC1. The van der Waals surface area contributed by atoms with E-state index in [9.17, 15) is 9.59 Å². The second-order valence-corrected chi connectivity index (χ2v) is 8.16. The molecule has 0 aromatic heterocycles. The number of benzene rings is 1. The van der Waals surface area contributed by atoms with Crippen LogP contribution < -0.4 is 5.32 Å². The highest BCUT2D eigenvalue weighted by molar-refractivity contribution is 5.80. The smallest absolute Gasteiger partial charge is 0.407 e. The number of nitrogens with zero attached hydrogens (tertiary/aromatic N) is 1. The first-order valence-electron chi connectivity index (χ1n) is 9.80. The van der Waals surface area contributed by atoms with E-state index in [4.69, 9.17) is 4.74 Å². The molecule has 3 fully saturated rings. The predicted molar refractivity (Wildman–Crippen MR) is 99.1 cm³/mol. The van der Waals surface area contributed by atoms with Crippen molar-refractivity contribution >= 4 is 12.0 Å². The van der Waals surface area contributed by atoms with Crippen LogP contribution in [0.4, 0.5) is 4.79 Å². The van der Waals surface area contributed by atoms with Crippen LogP contribution in [0, 0.1) is 12.8 Å². The van der Waals surface area contributed by atoms with Gasteiger partial charge in [0.05, 0.1) is 12.5 Å². The van der Waals surface area contributed by atoms with Crippen molar-refractivity contribution in [2.45, 2.75) is 56.9 Å². The van der Waals surface area contributed by atoms with Crippen molar-refractivity contribution in [3.05, 3.63) is 34.9 Å². The Hall–Kier alpha value is -2.04. The van der Waals surface area contributed by atoms with Crippen LogP contribution in [0.2, 0.25) is 0 Å². The van der Waals surface area contributed by atoms with E-state index in [2.05, 4.69) is 30.4 Å². The molecule has 1 aliphatic heterocycles. The van der Waals surface area contributed by atoms with Crippen molar-refractivity contribution < 1.29 is 14.3 Å². The first-order valence-corrected chi connectivity index (χ1v) is 9.80. The van der Waals surface area contributed by atoms with Crippen molar-refractivity contribution in [1.82, 2.24) is 10.2 Å².